The molecule has 1 amide bonds. The minimum absolute atomic E-state index is 0.216. The van der Waals surface area contributed by atoms with E-state index >= 15 is 0 Å². The zero-order valence-corrected chi connectivity index (χ0v) is 7.70. The highest BCUT2D eigenvalue weighted by atomic mass is 16.3. The molecule has 72 valence electrons. The smallest absolute Gasteiger partial charge is 0.254 e. The van der Waals surface area contributed by atoms with Crippen molar-refractivity contribution in [1.82, 2.24) is 5.32 Å². The van der Waals surface area contributed by atoms with Crippen molar-refractivity contribution in [3.8, 4) is 0 Å². The van der Waals surface area contributed by atoms with Crippen molar-refractivity contribution in [2.24, 2.45) is 0 Å². The van der Waals surface area contributed by atoms with Crippen LogP contribution in [0.2, 0.25) is 0 Å². The maximum Gasteiger partial charge on any atom is 0.254 e. The average Bonchev–Trinajstić information content (AvgIpc) is 2.47. The summed E-state index contributed by atoms with van der Waals surface area (Å²) in [6.07, 6.45) is 0.934. The Morgan fingerprint density at radius 3 is 2.92 bits per heavy atom. The summed E-state index contributed by atoms with van der Waals surface area (Å²) in [6, 6.07) is 1.60. The Morgan fingerprint density at radius 2 is 2.46 bits per heavy atom. The fourth-order valence-corrected chi connectivity index (χ4v) is 0.956. The Kier molecular flexibility index (Phi) is 3.08. The minimum Gasteiger partial charge on any atom is -0.469 e. The Balaban J connectivity index is 2.54. The van der Waals surface area contributed by atoms with E-state index in [4.69, 9.17) is 9.52 Å². The van der Waals surface area contributed by atoms with Gasteiger partial charge in [-0.05, 0) is 19.9 Å². The summed E-state index contributed by atoms with van der Waals surface area (Å²) in [4.78, 5) is 11.3. The van der Waals surface area contributed by atoms with Crippen LogP contribution in [0.3, 0.4) is 0 Å². The SMILES string of the molecule is Cc1occc1C(=O)NCC(C)O. The molecule has 0 spiro atoms. The first kappa shape index (κ1) is 9.80. The van der Waals surface area contributed by atoms with Crippen molar-refractivity contribution in [3.05, 3.63) is 23.7 Å². The molecule has 4 heteroatoms. The average molecular weight is 183 g/mol. The number of rotatable bonds is 3. The van der Waals surface area contributed by atoms with Crippen LogP contribution in [0.15, 0.2) is 16.7 Å². The lowest BCUT2D eigenvalue weighted by atomic mass is 10.2. The fourth-order valence-electron chi connectivity index (χ4n) is 0.956. The van der Waals surface area contributed by atoms with E-state index in [-0.39, 0.29) is 12.5 Å². The molecule has 4 nitrogen and oxygen atoms in total. The van der Waals surface area contributed by atoms with Crippen LogP contribution in [0.5, 0.6) is 0 Å². The highest BCUT2D eigenvalue weighted by molar-refractivity contribution is 5.95. The number of carbonyl (C=O) groups is 1. The number of hydrogen-bond acceptors (Lipinski definition) is 3. The molecule has 1 aromatic rings. The van der Waals surface area contributed by atoms with Crippen LogP contribution < -0.4 is 5.32 Å². The third-order valence-corrected chi connectivity index (χ3v) is 1.66. The number of aliphatic hydroxyl groups is 1. The van der Waals surface area contributed by atoms with E-state index in [1.165, 1.54) is 6.26 Å². The fraction of sp³-hybridized carbons (Fsp3) is 0.444. The Bertz CT molecular complexity index is 291. The van der Waals surface area contributed by atoms with Crippen molar-refractivity contribution in [1.29, 1.82) is 0 Å². The third kappa shape index (κ3) is 2.59. The lowest BCUT2D eigenvalue weighted by molar-refractivity contribution is 0.0922. The van der Waals surface area contributed by atoms with Crippen molar-refractivity contribution < 1.29 is 14.3 Å². The number of amides is 1. The van der Waals surface area contributed by atoms with Gasteiger partial charge in [-0.25, -0.2) is 0 Å². The summed E-state index contributed by atoms with van der Waals surface area (Å²) in [6.45, 7) is 3.59. The minimum atomic E-state index is -0.531. The maximum atomic E-state index is 11.3. The number of nitrogens with one attached hydrogen (secondary N) is 1. The van der Waals surface area contributed by atoms with Crippen molar-refractivity contribution in [2.75, 3.05) is 6.54 Å². The number of furan rings is 1. The van der Waals surface area contributed by atoms with E-state index in [1.54, 1.807) is 19.9 Å². The zero-order chi connectivity index (χ0) is 9.84. The van der Waals surface area contributed by atoms with E-state index in [9.17, 15) is 4.79 Å². The molecule has 13 heavy (non-hydrogen) atoms. The van der Waals surface area contributed by atoms with Gasteiger partial charge in [0.2, 0.25) is 0 Å². The van der Waals surface area contributed by atoms with Gasteiger partial charge in [0.1, 0.15) is 5.76 Å². The van der Waals surface area contributed by atoms with Gasteiger partial charge in [-0.1, -0.05) is 0 Å². The maximum absolute atomic E-state index is 11.3. The van der Waals surface area contributed by atoms with Crippen LogP contribution in [0.1, 0.15) is 23.0 Å². The third-order valence-electron chi connectivity index (χ3n) is 1.66. The molecule has 0 aliphatic heterocycles. The molecule has 1 heterocycles. The van der Waals surface area contributed by atoms with Crippen LogP contribution >= 0.6 is 0 Å². The number of hydrogen-bond donors (Lipinski definition) is 2. The summed E-state index contributed by atoms with van der Waals surface area (Å²) in [5, 5.41) is 11.5. The Hall–Kier alpha value is -1.29. The van der Waals surface area contributed by atoms with Crippen LogP contribution in [-0.2, 0) is 0 Å². The molecule has 1 rings (SSSR count). The topological polar surface area (TPSA) is 62.5 Å². The molecule has 0 aromatic carbocycles. The second-order valence-corrected chi connectivity index (χ2v) is 2.95. The first-order valence-electron chi connectivity index (χ1n) is 4.11. The van der Waals surface area contributed by atoms with E-state index < -0.39 is 6.10 Å². The highest BCUT2D eigenvalue weighted by Crippen LogP contribution is 2.07. The summed E-state index contributed by atoms with van der Waals surface area (Å²) in [7, 11) is 0. The van der Waals surface area contributed by atoms with Gasteiger partial charge in [0.05, 0.1) is 17.9 Å². The zero-order valence-electron chi connectivity index (χ0n) is 7.70. The van der Waals surface area contributed by atoms with Gasteiger partial charge in [-0.15, -0.1) is 0 Å². The van der Waals surface area contributed by atoms with Crippen LogP contribution in [0, 0.1) is 6.92 Å². The Morgan fingerprint density at radius 1 is 1.77 bits per heavy atom. The molecule has 2 N–H and O–H groups in total. The number of carbonyl (C=O) groups excluding carboxylic acids is 1. The van der Waals surface area contributed by atoms with Gasteiger partial charge in [0.25, 0.3) is 5.91 Å². The monoisotopic (exact) mass is 183 g/mol. The molecule has 1 aromatic heterocycles. The summed E-state index contributed by atoms with van der Waals surface area (Å²) < 4.78 is 4.97. The van der Waals surface area contributed by atoms with Gasteiger partial charge >= 0.3 is 0 Å². The first-order valence-corrected chi connectivity index (χ1v) is 4.11. The quantitative estimate of drug-likeness (QED) is 0.725. The van der Waals surface area contributed by atoms with Gasteiger partial charge in [0, 0.05) is 6.54 Å². The van der Waals surface area contributed by atoms with E-state index in [1.807, 2.05) is 0 Å². The van der Waals surface area contributed by atoms with Gasteiger partial charge in [-0.2, -0.15) is 0 Å². The van der Waals surface area contributed by atoms with Crippen molar-refractivity contribution >= 4 is 5.91 Å². The van der Waals surface area contributed by atoms with Crippen molar-refractivity contribution in [3.63, 3.8) is 0 Å². The molecule has 0 saturated heterocycles. The lowest BCUT2D eigenvalue weighted by Gasteiger charge is -2.05. The van der Waals surface area contributed by atoms with E-state index in [2.05, 4.69) is 5.32 Å². The molecule has 0 saturated carbocycles. The van der Waals surface area contributed by atoms with E-state index in [0.29, 0.717) is 11.3 Å². The first-order chi connectivity index (χ1) is 6.11. The predicted molar refractivity (Wildman–Crippen MR) is 47.5 cm³/mol. The molecule has 0 radical (unpaired) electrons. The lowest BCUT2D eigenvalue weighted by Crippen LogP contribution is -2.30. The van der Waals surface area contributed by atoms with Crippen LogP contribution in [0.4, 0.5) is 0 Å². The molecular formula is C9H13NO3. The molecule has 0 fully saturated rings. The predicted octanol–water partition coefficient (Wildman–Crippen LogP) is 0.699. The van der Waals surface area contributed by atoms with Gasteiger partial charge in [-0.3, -0.25) is 4.79 Å². The molecule has 0 aliphatic rings. The van der Waals surface area contributed by atoms with Crippen LogP contribution in [-0.4, -0.2) is 23.7 Å². The molecule has 0 aliphatic carbocycles. The largest absolute Gasteiger partial charge is 0.469 e. The second kappa shape index (κ2) is 4.09. The summed E-state index contributed by atoms with van der Waals surface area (Å²) in [5.74, 6) is 0.371. The normalized spacial score (nSPS) is 12.5. The Labute approximate surface area is 76.6 Å². The summed E-state index contributed by atoms with van der Waals surface area (Å²) >= 11 is 0. The molecule has 1 unspecified atom stereocenters. The number of aryl methyl sites for hydroxylation is 1. The molecule has 1 atom stereocenters. The molecular weight excluding hydrogens is 170 g/mol. The molecule has 0 bridgehead atoms. The second-order valence-electron chi connectivity index (χ2n) is 2.95. The van der Waals surface area contributed by atoms with Gasteiger partial charge in [0.15, 0.2) is 0 Å². The summed E-state index contributed by atoms with van der Waals surface area (Å²) in [5.41, 5.74) is 0.514. The van der Waals surface area contributed by atoms with Crippen molar-refractivity contribution in [2.45, 2.75) is 20.0 Å². The highest BCUT2D eigenvalue weighted by Gasteiger charge is 2.10. The van der Waals surface area contributed by atoms with E-state index in [0.717, 1.165) is 0 Å². The van der Waals surface area contributed by atoms with Crippen LogP contribution in [0.25, 0.3) is 0 Å². The van der Waals surface area contributed by atoms with Gasteiger partial charge < -0.3 is 14.8 Å². The standard InChI is InChI=1S/C9H13NO3/c1-6(11)5-10-9(12)8-3-4-13-7(8)2/h3-4,6,11H,5H2,1-2H3,(H,10,12). The number of aliphatic hydroxyl groups excluding tert-OH is 1.